The van der Waals surface area contributed by atoms with E-state index in [0.717, 1.165) is 25.7 Å². The van der Waals surface area contributed by atoms with Gasteiger partial charge in [0.2, 0.25) is 12.2 Å². The van der Waals surface area contributed by atoms with Gasteiger partial charge in [0, 0.05) is 0 Å². The van der Waals surface area contributed by atoms with E-state index < -0.39 is 16.6 Å². The fraction of sp³-hybridized carbons (Fsp3) is 0.208. The van der Waals surface area contributed by atoms with Gasteiger partial charge in [-0.2, -0.15) is 9.98 Å². The average molecular weight is 757 g/mol. The Kier molecular flexibility index (Phi) is 12.3. The minimum atomic E-state index is -3.25. The Balaban J connectivity index is 1.58. The van der Waals surface area contributed by atoms with Crippen LogP contribution < -0.4 is 20.7 Å². The summed E-state index contributed by atoms with van der Waals surface area (Å²) in [6.07, 6.45) is 6.69. The number of aryl methyl sites for hydroxylation is 2. The quantitative estimate of drug-likeness (QED) is 0.0562. The molecule has 0 aromatic heterocycles. The number of carbonyl (C=O) groups excluding carboxylic acids is 2. The summed E-state index contributed by atoms with van der Waals surface area (Å²) in [5, 5.41) is 4.34. The summed E-state index contributed by atoms with van der Waals surface area (Å²) >= 11 is 0. The maximum absolute atomic E-state index is 10.9. The highest BCUT2D eigenvalue weighted by atomic mass is 28.4. The molecule has 6 aromatic carbocycles. The standard InChI is InChI=1S/C48H48N2O3Si2/c1-47(2,35-33-39-25-29-41(30-26-39)49-37-51)54(43-17-9-5-10-18-43,44-19-11-6-12-20-44)53-55(45-21-13-7-14-22-45,46-23-15-8-16-24-46)48(3,4)36-34-40-27-31-42(32-28-40)50-38-52/h5-32H,33-36H2,1-4H3. The molecule has 6 aromatic rings. The predicted molar refractivity (Wildman–Crippen MR) is 230 cm³/mol. The molecule has 6 rings (SSSR count). The molecule has 0 aliphatic heterocycles. The molecule has 276 valence electrons. The number of nitrogens with zero attached hydrogens (tertiary/aromatic N) is 2. The van der Waals surface area contributed by atoms with Gasteiger partial charge in [0.25, 0.3) is 16.6 Å². The first-order valence-electron chi connectivity index (χ1n) is 18.9. The van der Waals surface area contributed by atoms with Crippen LogP contribution in [0.3, 0.4) is 0 Å². The van der Waals surface area contributed by atoms with Crippen molar-refractivity contribution in [2.75, 3.05) is 0 Å². The first-order valence-corrected chi connectivity index (χ1v) is 22.7. The molecule has 0 amide bonds. The Hall–Kier alpha value is -5.53. The molecule has 0 saturated heterocycles. The van der Waals surface area contributed by atoms with Crippen molar-refractivity contribution in [2.24, 2.45) is 9.98 Å². The van der Waals surface area contributed by atoms with Crippen molar-refractivity contribution in [3.8, 4) is 0 Å². The highest BCUT2D eigenvalue weighted by molar-refractivity contribution is 7.11. The van der Waals surface area contributed by atoms with Gasteiger partial charge in [-0.05, 0) is 91.9 Å². The molecule has 0 N–H and O–H groups in total. The Morgan fingerprint density at radius 3 is 0.964 bits per heavy atom. The fourth-order valence-corrected chi connectivity index (χ4v) is 21.5. The van der Waals surface area contributed by atoms with E-state index in [2.05, 4.69) is 183 Å². The minimum Gasteiger partial charge on any atom is -0.441 e. The summed E-state index contributed by atoms with van der Waals surface area (Å²) in [4.78, 5) is 29.5. The van der Waals surface area contributed by atoms with Crippen molar-refractivity contribution in [1.29, 1.82) is 0 Å². The topological polar surface area (TPSA) is 68.1 Å². The molecular formula is C48H48N2O3Si2. The number of rotatable bonds is 16. The number of benzene rings is 6. The van der Waals surface area contributed by atoms with E-state index in [-0.39, 0.29) is 10.1 Å². The van der Waals surface area contributed by atoms with E-state index in [0.29, 0.717) is 11.4 Å². The van der Waals surface area contributed by atoms with Crippen molar-refractivity contribution >= 4 is 60.9 Å². The van der Waals surface area contributed by atoms with Gasteiger partial charge in [-0.25, -0.2) is 9.59 Å². The molecule has 0 saturated carbocycles. The zero-order chi connectivity index (χ0) is 38.8. The largest absolute Gasteiger partial charge is 0.441 e. The van der Waals surface area contributed by atoms with Crippen molar-refractivity contribution in [1.82, 2.24) is 0 Å². The molecular weight excluding hydrogens is 709 g/mol. The second-order valence-corrected chi connectivity index (χ2v) is 24.0. The molecule has 0 aliphatic carbocycles. The summed E-state index contributed by atoms with van der Waals surface area (Å²) in [5.41, 5.74) is 3.57. The maximum atomic E-state index is 10.9. The Morgan fingerprint density at radius 2 is 0.709 bits per heavy atom. The van der Waals surface area contributed by atoms with E-state index in [1.807, 2.05) is 24.3 Å². The van der Waals surface area contributed by atoms with Crippen LogP contribution in [0.4, 0.5) is 11.4 Å². The molecule has 0 heterocycles. The second kappa shape index (κ2) is 17.3. The van der Waals surface area contributed by atoms with Gasteiger partial charge in [-0.1, -0.05) is 173 Å². The van der Waals surface area contributed by atoms with Crippen LogP contribution in [0.2, 0.25) is 10.1 Å². The van der Waals surface area contributed by atoms with Crippen LogP contribution >= 0.6 is 0 Å². The van der Waals surface area contributed by atoms with Crippen molar-refractivity contribution in [2.45, 2.75) is 63.5 Å². The minimum absolute atomic E-state index is 0.317. The van der Waals surface area contributed by atoms with Crippen molar-refractivity contribution in [3.63, 3.8) is 0 Å². The van der Waals surface area contributed by atoms with Gasteiger partial charge in [0.1, 0.15) is 0 Å². The van der Waals surface area contributed by atoms with Gasteiger partial charge < -0.3 is 4.12 Å². The molecule has 0 bridgehead atoms. The summed E-state index contributed by atoms with van der Waals surface area (Å²) in [6, 6.07) is 59.8. The lowest BCUT2D eigenvalue weighted by atomic mass is 10.0. The van der Waals surface area contributed by atoms with Crippen LogP contribution in [0.15, 0.2) is 180 Å². The molecule has 7 heteroatoms. The van der Waals surface area contributed by atoms with Gasteiger partial charge in [-0.3, -0.25) is 0 Å². The van der Waals surface area contributed by atoms with Crippen LogP contribution in [-0.4, -0.2) is 28.8 Å². The zero-order valence-electron chi connectivity index (χ0n) is 32.1. The molecule has 0 unspecified atom stereocenters. The van der Waals surface area contributed by atoms with Crippen LogP contribution in [0.1, 0.15) is 51.7 Å². The Morgan fingerprint density at radius 1 is 0.436 bits per heavy atom. The predicted octanol–water partition coefficient (Wildman–Crippen LogP) is 9.28. The summed E-state index contributed by atoms with van der Waals surface area (Å²) < 4.78 is 8.74. The van der Waals surface area contributed by atoms with Crippen LogP contribution in [0.5, 0.6) is 0 Å². The van der Waals surface area contributed by atoms with Crippen LogP contribution in [0, 0.1) is 0 Å². The van der Waals surface area contributed by atoms with Gasteiger partial charge in [0.15, 0.2) is 0 Å². The van der Waals surface area contributed by atoms with Crippen LogP contribution in [-0.2, 0) is 26.5 Å². The third-order valence-corrected chi connectivity index (χ3v) is 22.6. The van der Waals surface area contributed by atoms with E-state index in [1.54, 1.807) is 12.2 Å². The molecule has 0 atom stereocenters. The average Bonchev–Trinajstić information content (AvgIpc) is 3.22. The SMILES string of the molecule is CC(C)(CCc1ccc(N=C=O)cc1)[Si](O[Si](c1ccccc1)(c1ccccc1)C(C)(C)CCc1ccc(N=C=O)cc1)(c1ccccc1)c1ccccc1. The molecule has 0 radical (unpaired) electrons. The van der Waals surface area contributed by atoms with Gasteiger partial charge >= 0.3 is 0 Å². The molecule has 0 aliphatic rings. The highest BCUT2D eigenvalue weighted by Gasteiger charge is 2.62. The second-order valence-electron chi connectivity index (χ2n) is 15.4. The summed E-state index contributed by atoms with van der Waals surface area (Å²) in [7, 11) is -6.49. The zero-order valence-corrected chi connectivity index (χ0v) is 34.1. The molecule has 0 fully saturated rings. The van der Waals surface area contributed by atoms with E-state index in [1.165, 1.54) is 31.9 Å². The molecule has 5 nitrogen and oxygen atoms in total. The smallest absolute Gasteiger partial charge is 0.251 e. The summed E-state index contributed by atoms with van der Waals surface area (Å²) in [5.74, 6) is 0. The van der Waals surface area contributed by atoms with Gasteiger partial charge in [-0.15, -0.1) is 0 Å². The number of hydrogen-bond donors (Lipinski definition) is 0. The van der Waals surface area contributed by atoms with Crippen LogP contribution in [0.25, 0.3) is 0 Å². The van der Waals surface area contributed by atoms with E-state index >= 15 is 0 Å². The van der Waals surface area contributed by atoms with Crippen molar-refractivity contribution < 1.29 is 13.7 Å². The monoisotopic (exact) mass is 756 g/mol. The third kappa shape index (κ3) is 8.28. The lowest BCUT2D eigenvalue weighted by Crippen LogP contribution is -2.78. The van der Waals surface area contributed by atoms with E-state index in [4.69, 9.17) is 4.12 Å². The maximum Gasteiger partial charge on any atom is 0.251 e. The first-order chi connectivity index (χ1) is 26.6. The Labute approximate surface area is 327 Å². The number of hydrogen-bond acceptors (Lipinski definition) is 5. The molecule has 0 spiro atoms. The normalized spacial score (nSPS) is 12.0. The first kappa shape index (κ1) is 39.2. The summed E-state index contributed by atoms with van der Waals surface area (Å²) in [6.45, 7) is 9.65. The third-order valence-electron chi connectivity index (χ3n) is 11.2. The number of isocyanates is 2. The van der Waals surface area contributed by atoms with Gasteiger partial charge in [0.05, 0.1) is 11.4 Å². The number of aliphatic imine (C=N–C) groups is 2. The van der Waals surface area contributed by atoms with Crippen molar-refractivity contribution in [3.05, 3.63) is 181 Å². The lowest BCUT2D eigenvalue weighted by Gasteiger charge is -2.55. The lowest BCUT2D eigenvalue weighted by molar-refractivity contribution is 0.432. The highest BCUT2D eigenvalue weighted by Crippen LogP contribution is 2.49. The fourth-order valence-electron chi connectivity index (χ4n) is 8.17. The molecule has 55 heavy (non-hydrogen) atoms. The Bertz CT molecular complexity index is 1990. The van der Waals surface area contributed by atoms with E-state index in [9.17, 15) is 9.59 Å².